The van der Waals surface area contributed by atoms with Gasteiger partial charge < -0.3 is 9.15 Å². The predicted molar refractivity (Wildman–Crippen MR) is 60.9 cm³/mol. The van der Waals surface area contributed by atoms with E-state index in [-0.39, 0.29) is 17.9 Å². The van der Waals surface area contributed by atoms with Crippen molar-refractivity contribution in [1.82, 2.24) is 0 Å². The maximum absolute atomic E-state index is 11.6. The highest BCUT2D eigenvalue weighted by molar-refractivity contribution is 5.89. The topological polar surface area (TPSA) is 82.6 Å². The van der Waals surface area contributed by atoms with E-state index in [9.17, 15) is 14.9 Å². The molecule has 0 bridgehead atoms. The molecule has 1 heterocycles. The van der Waals surface area contributed by atoms with Crippen LogP contribution >= 0.6 is 0 Å². The summed E-state index contributed by atoms with van der Waals surface area (Å²) in [5, 5.41) is 10.4. The van der Waals surface area contributed by atoms with E-state index in [1.807, 2.05) is 0 Å². The van der Waals surface area contributed by atoms with E-state index in [1.54, 1.807) is 12.1 Å². The van der Waals surface area contributed by atoms with Gasteiger partial charge in [0.25, 0.3) is 5.69 Å². The molecule has 2 aromatic rings. The van der Waals surface area contributed by atoms with Crippen molar-refractivity contribution >= 4 is 11.7 Å². The average Bonchev–Trinajstić information content (AvgIpc) is 2.89. The van der Waals surface area contributed by atoms with Gasteiger partial charge >= 0.3 is 5.97 Å². The first kappa shape index (κ1) is 11.8. The van der Waals surface area contributed by atoms with Crippen molar-refractivity contribution < 1.29 is 18.9 Å². The van der Waals surface area contributed by atoms with E-state index in [1.165, 1.54) is 30.5 Å². The first-order valence-electron chi connectivity index (χ1n) is 5.11. The van der Waals surface area contributed by atoms with Gasteiger partial charge in [-0.3, -0.25) is 10.1 Å². The Morgan fingerprint density at radius 3 is 2.56 bits per heavy atom. The molecule has 0 aliphatic rings. The van der Waals surface area contributed by atoms with E-state index in [4.69, 9.17) is 9.15 Å². The minimum atomic E-state index is -0.554. The molecule has 92 valence electrons. The minimum absolute atomic E-state index is 0.0306. The summed E-state index contributed by atoms with van der Waals surface area (Å²) < 4.78 is 9.97. The summed E-state index contributed by atoms with van der Waals surface area (Å²) in [6.07, 6.45) is 1.48. The Hall–Kier alpha value is -2.63. The van der Waals surface area contributed by atoms with Crippen LogP contribution in [-0.4, -0.2) is 10.9 Å². The number of carbonyl (C=O) groups is 1. The lowest BCUT2D eigenvalue weighted by Crippen LogP contribution is -2.04. The number of rotatable bonds is 4. The minimum Gasteiger partial charge on any atom is -0.466 e. The van der Waals surface area contributed by atoms with Crippen LogP contribution < -0.4 is 0 Å². The molecule has 6 nitrogen and oxygen atoms in total. The fraction of sp³-hybridized carbons (Fsp3) is 0.0833. The van der Waals surface area contributed by atoms with Crippen LogP contribution in [0.1, 0.15) is 16.1 Å². The maximum Gasteiger partial charge on any atom is 0.338 e. The third-order valence-electron chi connectivity index (χ3n) is 2.24. The van der Waals surface area contributed by atoms with Gasteiger partial charge in [0, 0.05) is 12.1 Å². The summed E-state index contributed by atoms with van der Waals surface area (Å²) in [6.45, 7) is 0.0306. The molecule has 0 N–H and O–H groups in total. The van der Waals surface area contributed by atoms with Crippen molar-refractivity contribution in [2.24, 2.45) is 0 Å². The molecule has 0 amide bonds. The normalized spacial score (nSPS) is 10.0. The van der Waals surface area contributed by atoms with E-state index >= 15 is 0 Å². The number of non-ortho nitro benzene ring substituents is 1. The predicted octanol–water partition coefficient (Wildman–Crippen LogP) is 2.54. The number of nitro groups is 1. The zero-order valence-corrected chi connectivity index (χ0v) is 9.24. The van der Waals surface area contributed by atoms with Crippen LogP contribution in [-0.2, 0) is 11.3 Å². The fourth-order valence-electron chi connectivity index (χ4n) is 1.33. The van der Waals surface area contributed by atoms with Crippen molar-refractivity contribution in [3.05, 3.63) is 64.1 Å². The van der Waals surface area contributed by atoms with Crippen LogP contribution in [0.4, 0.5) is 5.69 Å². The van der Waals surface area contributed by atoms with Crippen molar-refractivity contribution in [3.63, 3.8) is 0 Å². The molecule has 0 atom stereocenters. The number of esters is 1. The highest BCUT2D eigenvalue weighted by Crippen LogP contribution is 2.13. The molecule has 0 aliphatic carbocycles. The molecular weight excluding hydrogens is 238 g/mol. The van der Waals surface area contributed by atoms with Gasteiger partial charge in [-0.25, -0.2) is 4.79 Å². The number of nitrogens with zero attached hydrogens (tertiary/aromatic N) is 1. The molecule has 0 saturated heterocycles. The Bertz CT molecular complexity index is 544. The highest BCUT2D eigenvalue weighted by Gasteiger charge is 2.11. The molecular formula is C12H9NO5. The SMILES string of the molecule is O=C(OCc1ccco1)c1ccc([N+](=O)[O-])cc1. The van der Waals surface area contributed by atoms with Gasteiger partial charge in [-0.15, -0.1) is 0 Å². The van der Waals surface area contributed by atoms with Crippen molar-refractivity contribution in [1.29, 1.82) is 0 Å². The summed E-state index contributed by atoms with van der Waals surface area (Å²) in [5.74, 6) is -0.0217. The molecule has 0 spiro atoms. The number of carbonyl (C=O) groups excluding carboxylic acids is 1. The van der Waals surface area contributed by atoms with Crippen molar-refractivity contribution in [3.8, 4) is 0 Å². The lowest BCUT2D eigenvalue weighted by Gasteiger charge is -2.02. The maximum atomic E-state index is 11.6. The molecule has 18 heavy (non-hydrogen) atoms. The van der Waals surface area contributed by atoms with Gasteiger partial charge in [-0.2, -0.15) is 0 Å². The number of hydrogen-bond donors (Lipinski definition) is 0. The monoisotopic (exact) mass is 247 g/mol. The van der Waals surface area contributed by atoms with E-state index in [2.05, 4.69) is 0 Å². The van der Waals surface area contributed by atoms with Crippen molar-refractivity contribution in [2.75, 3.05) is 0 Å². The standard InChI is InChI=1S/C12H9NO5/c14-12(18-8-11-2-1-7-17-11)9-3-5-10(6-4-9)13(15)16/h1-7H,8H2. The second-order valence-corrected chi connectivity index (χ2v) is 3.46. The lowest BCUT2D eigenvalue weighted by atomic mass is 10.2. The van der Waals surface area contributed by atoms with Crippen LogP contribution in [0.15, 0.2) is 47.1 Å². The summed E-state index contributed by atoms with van der Waals surface area (Å²) >= 11 is 0. The lowest BCUT2D eigenvalue weighted by molar-refractivity contribution is -0.384. The molecule has 6 heteroatoms. The summed E-state index contributed by atoms with van der Waals surface area (Å²) in [4.78, 5) is 21.5. The number of nitro benzene ring substituents is 1. The Labute approximate surface area is 102 Å². The first-order valence-corrected chi connectivity index (χ1v) is 5.11. The zero-order chi connectivity index (χ0) is 13.0. The Balaban J connectivity index is 1.98. The molecule has 0 fully saturated rings. The molecule has 1 aromatic carbocycles. The van der Waals surface area contributed by atoms with E-state index < -0.39 is 10.9 Å². The van der Waals surface area contributed by atoms with E-state index in [0.717, 1.165) is 0 Å². The molecule has 0 unspecified atom stereocenters. The van der Waals surface area contributed by atoms with Crippen molar-refractivity contribution in [2.45, 2.75) is 6.61 Å². The van der Waals surface area contributed by atoms with Crippen LogP contribution in [0.25, 0.3) is 0 Å². The molecule has 0 saturated carbocycles. The Morgan fingerprint density at radius 2 is 2.00 bits per heavy atom. The quantitative estimate of drug-likeness (QED) is 0.471. The average molecular weight is 247 g/mol. The first-order chi connectivity index (χ1) is 8.66. The second kappa shape index (κ2) is 5.13. The van der Waals surface area contributed by atoms with E-state index in [0.29, 0.717) is 5.76 Å². The number of hydrogen-bond acceptors (Lipinski definition) is 5. The third kappa shape index (κ3) is 2.73. The summed E-state index contributed by atoms with van der Waals surface area (Å²) in [5.41, 5.74) is 0.185. The van der Waals surface area contributed by atoms with Gasteiger partial charge in [-0.1, -0.05) is 0 Å². The smallest absolute Gasteiger partial charge is 0.338 e. The Morgan fingerprint density at radius 1 is 1.28 bits per heavy atom. The van der Waals surface area contributed by atoms with Gasteiger partial charge in [0.05, 0.1) is 16.7 Å². The van der Waals surface area contributed by atoms with Crippen LogP contribution in [0.3, 0.4) is 0 Å². The summed E-state index contributed by atoms with van der Waals surface area (Å²) in [6, 6.07) is 8.58. The van der Waals surface area contributed by atoms with Gasteiger partial charge in [0.1, 0.15) is 12.4 Å². The Kier molecular flexibility index (Phi) is 3.38. The van der Waals surface area contributed by atoms with Gasteiger partial charge in [-0.05, 0) is 24.3 Å². The molecule has 0 radical (unpaired) electrons. The molecule has 2 rings (SSSR count). The van der Waals surface area contributed by atoms with Crippen LogP contribution in [0.5, 0.6) is 0 Å². The molecule has 0 aliphatic heterocycles. The zero-order valence-electron chi connectivity index (χ0n) is 9.24. The number of furan rings is 1. The van der Waals surface area contributed by atoms with Crippen LogP contribution in [0.2, 0.25) is 0 Å². The van der Waals surface area contributed by atoms with Crippen LogP contribution in [0, 0.1) is 10.1 Å². The second-order valence-electron chi connectivity index (χ2n) is 3.46. The largest absolute Gasteiger partial charge is 0.466 e. The molecule has 1 aromatic heterocycles. The van der Waals surface area contributed by atoms with Gasteiger partial charge in [0.2, 0.25) is 0 Å². The summed E-state index contributed by atoms with van der Waals surface area (Å²) in [7, 11) is 0. The number of ether oxygens (including phenoxy) is 1. The third-order valence-corrected chi connectivity index (χ3v) is 2.24. The highest BCUT2D eigenvalue weighted by atomic mass is 16.6. The fourth-order valence-corrected chi connectivity index (χ4v) is 1.33. The number of benzene rings is 1. The van der Waals surface area contributed by atoms with Gasteiger partial charge in [0.15, 0.2) is 0 Å².